The van der Waals surface area contributed by atoms with Crippen molar-refractivity contribution in [3.63, 3.8) is 0 Å². The number of carbonyl (C=O) groups is 2. The zero-order valence-corrected chi connectivity index (χ0v) is 10.4. The van der Waals surface area contributed by atoms with Gasteiger partial charge in [0.2, 0.25) is 0 Å². The number of aliphatic carboxylic acids is 1. The molecule has 1 rings (SSSR count). The molecule has 90 valence electrons. The summed E-state index contributed by atoms with van der Waals surface area (Å²) in [4.78, 5) is 18.8. The van der Waals surface area contributed by atoms with Gasteiger partial charge in [-0.3, -0.25) is 4.79 Å². The minimum atomic E-state index is -0.833. The summed E-state index contributed by atoms with van der Waals surface area (Å²) in [5, 5.41) is 7.42. The van der Waals surface area contributed by atoms with Gasteiger partial charge in [0, 0.05) is 13.3 Å². The van der Waals surface area contributed by atoms with E-state index < -0.39 is 5.97 Å². The average Bonchev–Trinajstić information content (AvgIpc) is 2.19. The first-order valence-corrected chi connectivity index (χ1v) is 5.10. The van der Waals surface area contributed by atoms with Gasteiger partial charge in [0.1, 0.15) is 5.78 Å². The summed E-state index contributed by atoms with van der Waals surface area (Å²) < 4.78 is 0. The monoisotopic (exact) mass is 224 g/mol. The molecular weight excluding hydrogens is 204 g/mol. The number of ketones is 1. The lowest BCUT2D eigenvalue weighted by Crippen LogP contribution is -1.80. The highest BCUT2D eigenvalue weighted by Gasteiger charge is 1.77. The van der Waals surface area contributed by atoms with Crippen LogP contribution in [0.3, 0.4) is 0 Å². The smallest absolute Gasteiger partial charge is 0.300 e. The Balaban J connectivity index is 0. The Morgan fingerprint density at radius 3 is 1.56 bits per heavy atom. The fourth-order valence-electron chi connectivity index (χ4n) is 0.534. The van der Waals surface area contributed by atoms with E-state index in [4.69, 9.17) is 9.90 Å². The van der Waals surface area contributed by atoms with Crippen LogP contribution >= 0.6 is 0 Å². The number of carbonyl (C=O) groups excluding carboxylic acids is 1. The molecule has 16 heavy (non-hydrogen) atoms. The molecule has 0 saturated heterocycles. The van der Waals surface area contributed by atoms with Crippen molar-refractivity contribution in [3.8, 4) is 0 Å². The van der Waals surface area contributed by atoms with Gasteiger partial charge >= 0.3 is 0 Å². The molecule has 0 saturated carbocycles. The van der Waals surface area contributed by atoms with Crippen LogP contribution in [0.25, 0.3) is 0 Å². The third kappa shape index (κ3) is 22.8. The number of carboxylic acids is 1. The minimum Gasteiger partial charge on any atom is -0.481 e. The second-order valence-electron chi connectivity index (χ2n) is 3.23. The van der Waals surface area contributed by atoms with E-state index in [1.807, 2.05) is 25.1 Å². The summed E-state index contributed by atoms with van der Waals surface area (Å²) in [6.45, 7) is 6.60. The molecule has 0 radical (unpaired) electrons. The van der Waals surface area contributed by atoms with E-state index in [9.17, 15) is 4.79 Å². The van der Waals surface area contributed by atoms with Crippen LogP contribution in [0.1, 0.15) is 32.8 Å². The highest BCUT2D eigenvalue weighted by molar-refractivity contribution is 5.74. The van der Waals surface area contributed by atoms with Crippen LogP contribution < -0.4 is 0 Å². The summed E-state index contributed by atoms with van der Waals surface area (Å²) in [6, 6.07) is 10.3. The molecule has 0 aliphatic rings. The van der Waals surface area contributed by atoms with Gasteiger partial charge in [0.15, 0.2) is 0 Å². The van der Waals surface area contributed by atoms with E-state index in [2.05, 4.69) is 19.1 Å². The molecule has 1 aromatic rings. The van der Waals surface area contributed by atoms with E-state index in [1.165, 1.54) is 5.56 Å². The van der Waals surface area contributed by atoms with Crippen molar-refractivity contribution in [2.75, 3.05) is 0 Å². The topological polar surface area (TPSA) is 54.4 Å². The summed E-state index contributed by atoms with van der Waals surface area (Å²) in [5.41, 5.74) is 1.32. The van der Waals surface area contributed by atoms with Gasteiger partial charge in [-0.25, -0.2) is 0 Å². The maximum atomic E-state index is 9.81. The van der Waals surface area contributed by atoms with Crippen LogP contribution in [0.2, 0.25) is 0 Å². The summed E-state index contributed by atoms with van der Waals surface area (Å²) in [5.74, 6) is -0.579. The second kappa shape index (κ2) is 11.4. The van der Waals surface area contributed by atoms with E-state index >= 15 is 0 Å². The Morgan fingerprint density at radius 2 is 1.44 bits per heavy atom. The van der Waals surface area contributed by atoms with Crippen molar-refractivity contribution < 1.29 is 14.7 Å². The Hall–Kier alpha value is -1.64. The molecule has 1 aromatic carbocycles. The van der Waals surface area contributed by atoms with Crippen molar-refractivity contribution >= 4 is 11.8 Å². The second-order valence-corrected chi connectivity index (χ2v) is 3.23. The lowest BCUT2D eigenvalue weighted by Gasteiger charge is -1.82. The van der Waals surface area contributed by atoms with Crippen LogP contribution in [-0.4, -0.2) is 16.9 Å². The molecule has 0 atom stereocenters. The predicted octanol–water partition coefficient (Wildman–Crippen LogP) is 3.07. The summed E-state index contributed by atoms with van der Waals surface area (Å²) >= 11 is 0. The number of hydrogen-bond donors (Lipinski definition) is 1. The number of carboxylic acid groups (broad SMARTS) is 1. The van der Waals surface area contributed by atoms with Crippen LogP contribution in [0, 0.1) is 6.92 Å². The third-order valence-corrected chi connectivity index (χ3v) is 1.44. The molecule has 0 aromatic heterocycles. The molecule has 0 fully saturated rings. The van der Waals surface area contributed by atoms with Crippen LogP contribution in [0.15, 0.2) is 30.3 Å². The molecule has 0 aliphatic heterocycles. The zero-order chi connectivity index (χ0) is 13.0. The molecule has 0 unspecified atom stereocenters. The van der Waals surface area contributed by atoms with E-state index in [0.717, 1.165) is 6.92 Å². The molecule has 3 nitrogen and oxygen atoms in total. The fourth-order valence-corrected chi connectivity index (χ4v) is 0.534. The van der Waals surface area contributed by atoms with E-state index in [-0.39, 0.29) is 5.78 Å². The van der Waals surface area contributed by atoms with Crippen LogP contribution in [-0.2, 0) is 9.59 Å². The lowest BCUT2D eigenvalue weighted by molar-refractivity contribution is -0.134. The molecule has 3 heteroatoms. The largest absolute Gasteiger partial charge is 0.481 e. The number of benzene rings is 1. The third-order valence-electron chi connectivity index (χ3n) is 1.44. The van der Waals surface area contributed by atoms with Gasteiger partial charge in [-0.05, 0) is 13.8 Å². The fraction of sp³-hybridized carbons (Fsp3) is 0.385. The Bertz CT molecular complexity index is 287. The highest BCUT2D eigenvalue weighted by atomic mass is 16.4. The van der Waals surface area contributed by atoms with Crippen molar-refractivity contribution in [1.29, 1.82) is 0 Å². The van der Waals surface area contributed by atoms with Crippen molar-refractivity contribution in [3.05, 3.63) is 35.9 Å². The first-order chi connectivity index (χ1) is 7.40. The van der Waals surface area contributed by atoms with Gasteiger partial charge in [-0.1, -0.05) is 42.8 Å². The van der Waals surface area contributed by atoms with Crippen LogP contribution in [0.4, 0.5) is 0 Å². The van der Waals surface area contributed by atoms with Gasteiger partial charge in [0.05, 0.1) is 0 Å². The number of hydrogen-bond acceptors (Lipinski definition) is 2. The highest BCUT2D eigenvalue weighted by Crippen LogP contribution is 1.92. The van der Waals surface area contributed by atoms with Gasteiger partial charge < -0.3 is 9.90 Å². The zero-order valence-electron chi connectivity index (χ0n) is 10.4. The predicted molar refractivity (Wildman–Crippen MR) is 65.5 cm³/mol. The minimum absolute atomic E-state index is 0.255. The standard InChI is InChI=1S/C7H8.C4H8O.C2H4O2/c1-7-5-3-2-4-6-7;1-3-4(2)5;1-2(3)4/h2-6H,1H3;3H2,1-2H3;1H3,(H,3,4). The van der Waals surface area contributed by atoms with Crippen molar-refractivity contribution in [1.82, 2.24) is 0 Å². The maximum absolute atomic E-state index is 9.81. The van der Waals surface area contributed by atoms with E-state index in [0.29, 0.717) is 6.42 Å². The molecule has 0 aliphatic carbocycles. The Morgan fingerprint density at radius 1 is 1.12 bits per heavy atom. The Kier molecular flexibility index (Phi) is 12.0. The lowest BCUT2D eigenvalue weighted by atomic mass is 10.2. The SMILES string of the molecule is CC(=O)O.CCC(C)=O.Cc1ccccc1. The van der Waals surface area contributed by atoms with Gasteiger partial charge in [-0.15, -0.1) is 0 Å². The van der Waals surface area contributed by atoms with Crippen molar-refractivity contribution in [2.45, 2.75) is 34.1 Å². The summed E-state index contributed by atoms with van der Waals surface area (Å²) in [6.07, 6.45) is 0.667. The molecule has 0 heterocycles. The molecule has 0 spiro atoms. The molecule has 0 bridgehead atoms. The molecule has 1 N–H and O–H groups in total. The summed E-state index contributed by atoms with van der Waals surface area (Å²) in [7, 11) is 0. The van der Waals surface area contributed by atoms with E-state index in [1.54, 1.807) is 6.92 Å². The number of rotatable bonds is 1. The Labute approximate surface area is 97.1 Å². The normalized spacial score (nSPS) is 7.75. The molecule has 0 amide bonds. The van der Waals surface area contributed by atoms with Crippen LogP contribution in [0.5, 0.6) is 0 Å². The quantitative estimate of drug-likeness (QED) is 0.797. The maximum Gasteiger partial charge on any atom is 0.300 e. The van der Waals surface area contributed by atoms with Gasteiger partial charge in [-0.2, -0.15) is 0 Å². The van der Waals surface area contributed by atoms with Crippen molar-refractivity contribution in [2.24, 2.45) is 0 Å². The average molecular weight is 224 g/mol. The first kappa shape index (κ1) is 16.8. The number of Topliss-reactive ketones (excluding diaryl/α,β-unsaturated/α-hetero) is 1. The number of aryl methyl sites for hydroxylation is 1. The molecular formula is C13H20O3. The van der Waals surface area contributed by atoms with Gasteiger partial charge in [0.25, 0.3) is 5.97 Å². The first-order valence-electron chi connectivity index (χ1n) is 5.10.